The molecule has 0 aliphatic heterocycles. The van der Waals surface area contributed by atoms with Gasteiger partial charge >= 0.3 is 0 Å². The second-order valence-electron chi connectivity index (χ2n) is 6.13. The summed E-state index contributed by atoms with van der Waals surface area (Å²) in [6, 6.07) is 17.1. The third-order valence-corrected chi connectivity index (χ3v) is 4.36. The summed E-state index contributed by atoms with van der Waals surface area (Å²) in [6.45, 7) is 0. The largest absolute Gasteiger partial charge is 0.497 e. The van der Waals surface area contributed by atoms with Gasteiger partial charge in [-0.05, 0) is 36.4 Å². The van der Waals surface area contributed by atoms with Crippen LogP contribution in [0.25, 0.3) is 22.3 Å². The van der Waals surface area contributed by atoms with Crippen molar-refractivity contribution in [2.45, 2.75) is 0 Å². The van der Waals surface area contributed by atoms with Gasteiger partial charge in [0.15, 0.2) is 11.6 Å². The Morgan fingerprint density at radius 1 is 0.931 bits per heavy atom. The normalized spacial score (nSPS) is 11.0. The minimum atomic E-state index is 0.603. The molecule has 0 amide bonds. The van der Waals surface area contributed by atoms with Crippen molar-refractivity contribution in [1.29, 1.82) is 0 Å². The monoisotopic (exact) mass is 385 g/mol. The molecule has 0 spiro atoms. The topological polar surface area (TPSA) is 81.5 Å². The van der Waals surface area contributed by atoms with Gasteiger partial charge < -0.3 is 9.47 Å². The van der Waals surface area contributed by atoms with Crippen molar-refractivity contribution in [1.82, 2.24) is 15.0 Å². The molecule has 0 atom stereocenters. The Hall–Kier alpha value is -4.00. The average molecular weight is 385 g/mol. The number of hydrazone groups is 1. The Balaban J connectivity index is 1.68. The lowest BCUT2D eigenvalue weighted by Crippen LogP contribution is -2.00. The number of hydrogen-bond donors (Lipinski definition) is 1. The summed E-state index contributed by atoms with van der Waals surface area (Å²) in [7, 11) is 3.23. The number of nitrogens with zero attached hydrogens (tertiary/aromatic N) is 4. The van der Waals surface area contributed by atoms with E-state index < -0.39 is 0 Å². The predicted molar refractivity (Wildman–Crippen MR) is 114 cm³/mol. The number of nitrogens with one attached hydrogen (secondary N) is 1. The molecule has 0 aliphatic rings. The number of para-hydroxylation sites is 1. The molecule has 144 valence electrons. The summed E-state index contributed by atoms with van der Waals surface area (Å²) >= 11 is 0. The van der Waals surface area contributed by atoms with Gasteiger partial charge in [0.25, 0.3) is 0 Å². The zero-order valence-electron chi connectivity index (χ0n) is 16.0. The van der Waals surface area contributed by atoms with Gasteiger partial charge in [0.1, 0.15) is 11.5 Å². The number of fused-ring (bicyclic) bond motifs is 1. The molecule has 7 heteroatoms. The maximum absolute atomic E-state index is 5.41. The second-order valence-corrected chi connectivity index (χ2v) is 6.13. The van der Waals surface area contributed by atoms with Gasteiger partial charge in [-0.3, -0.25) is 10.4 Å². The zero-order chi connectivity index (χ0) is 20.1. The van der Waals surface area contributed by atoms with Gasteiger partial charge in [0, 0.05) is 35.0 Å². The second kappa shape index (κ2) is 8.35. The quantitative estimate of drug-likeness (QED) is 0.397. The lowest BCUT2D eigenvalue weighted by atomic mass is 10.2. The van der Waals surface area contributed by atoms with Gasteiger partial charge in [-0.15, -0.1) is 0 Å². The molecule has 0 radical (unpaired) electrons. The van der Waals surface area contributed by atoms with E-state index >= 15 is 0 Å². The summed E-state index contributed by atoms with van der Waals surface area (Å²) in [5.41, 5.74) is 5.57. The van der Waals surface area contributed by atoms with Crippen LogP contribution in [0.2, 0.25) is 0 Å². The molecule has 0 unspecified atom stereocenters. The van der Waals surface area contributed by atoms with Crippen LogP contribution >= 0.6 is 0 Å². The number of pyridine rings is 1. The summed E-state index contributed by atoms with van der Waals surface area (Å²) in [4.78, 5) is 13.4. The van der Waals surface area contributed by atoms with E-state index in [1.807, 2.05) is 54.6 Å². The summed E-state index contributed by atoms with van der Waals surface area (Å²) in [5, 5.41) is 5.24. The first kappa shape index (κ1) is 18.4. The highest BCUT2D eigenvalue weighted by molar-refractivity contribution is 5.91. The molecule has 2 aromatic carbocycles. The maximum Gasteiger partial charge on any atom is 0.162 e. The van der Waals surface area contributed by atoms with Gasteiger partial charge in [-0.2, -0.15) is 5.10 Å². The Bertz CT molecular complexity index is 1160. The first-order valence-electron chi connectivity index (χ1n) is 8.97. The smallest absolute Gasteiger partial charge is 0.162 e. The van der Waals surface area contributed by atoms with Crippen LogP contribution < -0.4 is 14.9 Å². The van der Waals surface area contributed by atoms with Gasteiger partial charge in [-0.25, -0.2) is 9.97 Å². The molecule has 0 saturated carbocycles. The van der Waals surface area contributed by atoms with Crippen molar-refractivity contribution in [2.75, 3.05) is 19.6 Å². The first-order valence-corrected chi connectivity index (χ1v) is 8.97. The van der Waals surface area contributed by atoms with Gasteiger partial charge in [0.05, 0.1) is 26.0 Å². The molecular weight excluding hydrogens is 366 g/mol. The van der Waals surface area contributed by atoms with E-state index in [4.69, 9.17) is 9.47 Å². The molecular formula is C22H19N5O2. The first-order chi connectivity index (χ1) is 14.3. The summed E-state index contributed by atoms with van der Waals surface area (Å²) in [6.07, 6.45) is 5.12. The van der Waals surface area contributed by atoms with E-state index in [0.717, 1.165) is 27.8 Å². The van der Waals surface area contributed by atoms with E-state index in [2.05, 4.69) is 25.5 Å². The van der Waals surface area contributed by atoms with E-state index in [9.17, 15) is 0 Å². The highest BCUT2D eigenvalue weighted by atomic mass is 16.5. The fourth-order valence-electron chi connectivity index (χ4n) is 2.88. The highest BCUT2D eigenvalue weighted by Crippen LogP contribution is 2.25. The summed E-state index contributed by atoms with van der Waals surface area (Å²) < 4.78 is 10.6. The fraction of sp³-hybridized carbons (Fsp3) is 0.0909. The molecule has 0 saturated heterocycles. The van der Waals surface area contributed by atoms with Crippen LogP contribution in [0.3, 0.4) is 0 Å². The molecule has 4 rings (SSSR count). The molecule has 4 aromatic rings. The van der Waals surface area contributed by atoms with Crippen molar-refractivity contribution < 1.29 is 9.47 Å². The van der Waals surface area contributed by atoms with Crippen molar-refractivity contribution in [3.05, 3.63) is 72.6 Å². The van der Waals surface area contributed by atoms with Crippen LogP contribution in [-0.4, -0.2) is 35.4 Å². The SMILES string of the molecule is COc1ccc(/C=N\Nc2nc(-c3ccncc3)nc3ccccc23)c(OC)c1. The lowest BCUT2D eigenvalue weighted by molar-refractivity contribution is 0.394. The van der Waals surface area contributed by atoms with Crippen LogP contribution in [0.4, 0.5) is 5.82 Å². The molecule has 0 bridgehead atoms. The molecule has 0 fully saturated rings. The van der Waals surface area contributed by atoms with E-state index in [1.165, 1.54) is 0 Å². The van der Waals surface area contributed by atoms with Crippen molar-refractivity contribution >= 4 is 22.9 Å². The number of hydrogen-bond acceptors (Lipinski definition) is 7. The van der Waals surface area contributed by atoms with Crippen LogP contribution in [0, 0.1) is 0 Å². The molecule has 2 aromatic heterocycles. The predicted octanol–water partition coefficient (Wildman–Crippen LogP) is 4.16. The molecule has 29 heavy (non-hydrogen) atoms. The summed E-state index contributed by atoms with van der Waals surface area (Å²) in [5.74, 6) is 2.60. The van der Waals surface area contributed by atoms with Gasteiger partial charge in [-0.1, -0.05) is 12.1 Å². The Morgan fingerprint density at radius 2 is 1.76 bits per heavy atom. The third kappa shape index (κ3) is 3.98. The van der Waals surface area contributed by atoms with Crippen LogP contribution in [0.5, 0.6) is 11.5 Å². The van der Waals surface area contributed by atoms with Crippen LogP contribution in [0.15, 0.2) is 72.1 Å². The zero-order valence-corrected chi connectivity index (χ0v) is 16.0. The number of aromatic nitrogens is 3. The number of rotatable bonds is 6. The highest BCUT2D eigenvalue weighted by Gasteiger charge is 2.09. The minimum absolute atomic E-state index is 0.603. The van der Waals surface area contributed by atoms with E-state index in [1.54, 1.807) is 32.8 Å². The molecule has 7 nitrogen and oxygen atoms in total. The third-order valence-electron chi connectivity index (χ3n) is 4.36. The number of ether oxygens (including phenoxy) is 2. The minimum Gasteiger partial charge on any atom is -0.497 e. The Morgan fingerprint density at radius 3 is 2.55 bits per heavy atom. The number of methoxy groups -OCH3 is 2. The van der Waals surface area contributed by atoms with E-state index in [0.29, 0.717) is 17.4 Å². The van der Waals surface area contributed by atoms with Crippen molar-refractivity contribution in [3.8, 4) is 22.9 Å². The standard InChI is InChI=1S/C22H19N5O2/c1-28-17-8-7-16(20(13-17)29-2)14-24-27-22-18-5-3-4-6-19(18)25-21(26-22)15-9-11-23-12-10-15/h3-14H,1-2H3,(H,25,26,27)/b24-14-. The fourth-order valence-corrected chi connectivity index (χ4v) is 2.88. The van der Waals surface area contributed by atoms with Crippen LogP contribution in [-0.2, 0) is 0 Å². The van der Waals surface area contributed by atoms with E-state index in [-0.39, 0.29) is 0 Å². The van der Waals surface area contributed by atoms with Crippen LogP contribution in [0.1, 0.15) is 5.56 Å². The van der Waals surface area contributed by atoms with Crippen molar-refractivity contribution in [3.63, 3.8) is 0 Å². The molecule has 1 N–H and O–H groups in total. The number of anilines is 1. The lowest BCUT2D eigenvalue weighted by Gasteiger charge is -2.09. The average Bonchev–Trinajstić information content (AvgIpc) is 2.79. The molecule has 2 heterocycles. The maximum atomic E-state index is 5.41. The number of benzene rings is 2. The Kier molecular flexibility index (Phi) is 5.29. The van der Waals surface area contributed by atoms with Gasteiger partial charge in [0.2, 0.25) is 0 Å². The molecule has 0 aliphatic carbocycles. The Labute approximate surface area is 168 Å². The van der Waals surface area contributed by atoms with Crippen molar-refractivity contribution in [2.24, 2.45) is 5.10 Å².